The maximum absolute atomic E-state index is 11.9. The van der Waals surface area contributed by atoms with Crippen molar-refractivity contribution in [3.8, 4) is 11.3 Å². The van der Waals surface area contributed by atoms with E-state index in [9.17, 15) is 4.79 Å². The molecule has 0 radical (unpaired) electrons. The second-order valence-electron chi connectivity index (χ2n) is 6.30. The van der Waals surface area contributed by atoms with Crippen LogP contribution in [0.15, 0.2) is 46.5 Å². The van der Waals surface area contributed by atoms with Crippen LogP contribution in [0.25, 0.3) is 11.3 Å². The smallest absolute Gasteiger partial charge is 0.226 e. The van der Waals surface area contributed by atoms with Crippen LogP contribution in [0.5, 0.6) is 0 Å². The van der Waals surface area contributed by atoms with Crippen LogP contribution >= 0.6 is 11.3 Å². The first kappa shape index (κ1) is 17.4. The fourth-order valence-corrected chi connectivity index (χ4v) is 3.07. The molecule has 2 heterocycles. The zero-order valence-electron chi connectivity index (χ0n) is 14.4. The van der Waals surface area contributed by atoms with Crippen LogP contribution in [0, 0.1) is 5.92 Å². The molecule has 2 aromatic heterocycles. The minimum Gasteiger partial charge on any atom is -0.441 e. The standard InChI is InChI=1S/C19H21N3O2S/c1-13(2)11-14-3-5-15(6-4-14)16-12-21-18(24-16)8-7-17(23)22-19-20-9-10-25-19/h3-6,9-10,12-13H,7-8,11H2,1-2H3,(H,20,22,23). The summed E-state index contributed by atoms with van der Waals surface area (Å²) in [7, 11) is 0. The van der Waals surface area contributed by atoms with E-state index < -0.39 is 0 Å². The second-order valence-corrected chi connectivity index (χ2v) is 7.19. The Morgan fingerprint density at radius 1 is 1.24 bits per heavy atom. The van der Waals surface area contributed by atoms with Gasteiger partial charge in [-0.15, -0.1) is 11.3 Å². The molecule has 0 aliphatic rings. The quantitative estimate of drug-likeness (QED) is 0.674. The van der Waals surface area contributed by atoms with Crippen molar-refractivity contribution in [2.24, 2.45) is 5.92 Å². The normalized spacial score (nSPS) is 11.0. The number of aromatic nitrogens is 2. The fourth-order valence-electron chi connectivity index (χ4n) is 2.52. The van der Waals surface area contributed by atoms with Gasteiger partial charge in [0.1, 0.15) is 0 Å². The van der Waals surface area contributed by atoms with Crippen molar-refractivity contribution in [3.63, 3.8) is 0 Å². The van der Waals surface area contributed by atoms with E-state index in [1.54, 1.807) is 12.4 Å². The van der Waals surface area contributed by atoms with Gasteiger partial charge in [-0.1, -0.05) is 38.1 Å². The SMILES string of the molecule is CC(C)Cc1ccc(-c2cnc(CCC(=O)Nc3nccs3)o2)cc1. The van der Waals surface area contributed by atoms with E-state index in [2.05, 4.69) is 53.4 Å². The molecule has 3 aromatic rings. The van der Waals surface area contributed by atoms with Gasteiger partial charge in [0.05, 0.1) is 6.20 Å². The third-order valence-electron chi connectivity index (χ3n) is 3.68. The lowest BCUT2D eigenvalue weighted by Gasteiger charge is -2.05. The molecule has 0 bridgehead atoms. The van der Waals surface area contributed by atoms with Crippen molar-refractivity contribution in [1.29, 1.82) is 0 Å². The molecule has 0 aliphatic heterocycles. The highest BCUT2D eigenvalue weighted by atomic mass is 32.1. The maximum Gasteiger partial charge on any atom is 0.226 e. The van der Waals surface area contributed by atoms with E-state index in [1.165, 1.54) is 16.9 Å². The number of benzene rings is 1. The number of hydrogen-bond donors (Lipinski definition) is 1. The largest absolute Gasteiger partial charge is 0.441 e. The van der Waals surface area contributed by atoms with Crippen LogP contribution in [0.1, 0.15) is 31.7 Å². The average molecular weight is 355 g/mol. The molecule has 130 valence electrons. The van der Waals surface area contributed by atoms with Crippen molar-refractivity contribution in [3.05, 3.63) is 53.5 Å². The minimum atomic E-state index is -0.0901. The summed E-state index contributed by atoms with van der Waals surface area (Å²) in [5.41, 5.74) is 2.32. The highest BCUT2D eigenvalue weighted by molar-refractivity contribution is 7.13. The highest BCUT2D eigenvalue weighted by Gasteiger charge is 2.10. The summed E-state index contributed by atoms with van der Waals surface area (Å²) in [5.74, 6) is 1.84. The Labute approximate surface area is 151 Å². The van der Waals surface area contributed by atoms with Gasteiger partial charge in [0.25, 0.3) is 0 Å². The average Bonchev–Trinajstić information content (AvgIpc) is 3.25. The molecule has 25 heavy (non-hydrogen) atoms. The number of nitrogens with zero attached hydrogens (tertiary/aromatic N) is 2. The van der Waals surface area contributed by atoms with Crippen LogP contribution in [0.4, 0.5) is 5.13 Å². The maximum atomic E-state index is 11.9. The Hall–Kier alpha value is -2.47. The van der Waals surface area contributed by atoms with Crippen LogP contribution in [-0.4, -0.2) is 15.9 Å². The zero-order valence-corrected chi connectivity index (χ0v) is 15.2. The molecule has 5 nitrogen and oxygen atoms in total. The van der Waals surface area contributed by atoms with Crippen molar-refractivity contribution >= 4 is 22.4 Å². The predicted molar refractivity (Wildman–Crippen MR) is 99.5 cm³/mol. The number of carbonyl (C=O) groups excluding carboxylic acids is 1. The zero-order chi connectivity index (χ0) is 17.6. The molecule has 0 saturated carbocycles. The van der Waals surface area contributed by atoms with Gasteiger partial charge in [0.15, 0.2) is 16.8 Å². The molecule has 1 N–H and O–H groups in total. The molecule has 0 unspecified atom stereocenters. The number of nitrogens with one attached hydrogen (secondary N) is 1. The third kappa shape index (κ3) is 5.00. The number of carbonyl (C=O) groups is 1. The van der Waals surface area contributed by atoms with Crippen molar-refractivity contribution in [1.82, 2.24) is 9.97 Å². The molecule has 0 aliphatic carbocycles. The lowest BCUT2D eigenvalue weighted by atomic mass is 10.0. The number of rotatable bonds is 7. The number of aryl methyl sites for hydroxylation is 1. The number of amides is 1. The lowest BCUT2D eigenvalue weighted by Crippen LogP contribution is -2.12. The van der Waals surface area contributed by atoms with Gasteiger partial charge < -0.3 is 9.73 Å². The number of hydrogen-bond acceptors (Lipinski definition) is 5. The van der Waals surface area contributed by atoms with Crippen molar-refractivity contribution < 1.29 is 9.21 Å². The van der Waals surface area contributed by atoms with Gasteiger partial charge in [-0.2, -0.15) is 0 Å². The molecule has 6 heteroatoms. The number of anilines is 1. The first-order chi connectivity index (χ1) is 12.1. The second kappa shape index (κ2) is 8.07. The topological polar surface area (TPSA) is 68.0 Å². The molecule has 0 atom stereocenters. The van der Waals surface area contributed by atoms with Crippen LogP contribution in [-0.2, 0) is 17.6 Å². The van der Waals surface area contributed by atoms with E-state index in [4.69, 9.17) is 4.42 Å². The number of thiazole rings is 1. The summed E-state index contributed by atoms with van der Waals surface area (Å²) in [4.78, 5) is 20.2. The van der Waals surface area contributed by atoms with E-state index in [1.807, 2.05) is 5.38 Å². The van der Waals surface area contributed by atoms with E-state index >= 15 is 0 Å². The molecular formula is C19H21N3O2S. The lowest BCUT2D eigenvalue weighted by molar-refractivity contribution is -0.116. The van der Waals surface area contributed by atoms with E-state index in [0.717, 1.165) is 17.7 Å². The molecule has 0 saturated heterocycles. The van der Waals surface area contributed by atoms with Crippen LogP contribution in [0.2, 0.25) is 0 Å². The van der Waals surface area contributed by atoms with Gasteiger partial charge in [0, 0.05) is 30.0 Å². The highest BCUT2D eigenvalue weighted by Crippen LogP contribution is 2.22. The van der Waals surface area contributed by atoms with E-state index in [0.29, 0.717) is 29.8 Å². The van der Waals surface area contributed by atoms with Crippen LogP contribution in [0.3, 0.4) is 0 Å². The summed E-state index contributed by atoms with van der Waals surface area (Å²) < 4.78 is 5.77. The summed E-state index contributed by atoms with van der Waals surface area (Å²) in [6, 6.07) is 8.35. The van der Waals surface area contributed by atoms with Gasteiger partial charge in [0.2, 0.25) is 5.91 Å². The van der Waals surface area contributed by atoms with Crippen LogP contribution < -0.4 is 5.32 Å². The van der Waals surface area contributed by atoms with Gasteiger partial charge in [-0.25, -0.2) is 9.97 Å². The Bertz CT molecular complexity index is 808. The molecule has 1 amide bonds. The summed E-state index contributed by atoms with van der Waals surface area (Å²) >= 11 is 1.40. The fraction of sp³-hybridized carbons (Fsp3) is 0.316. The van der Waals surface area contributed by atoms with E-state index in [-0.39, 0.29) is 5.91 Å². The Morgan fingerprint density at radius 2 is 2.04 bits per heavy atom. The molecule has 0 spiro atoms. The molecular weight excluding hydrogens is 334 g/mol. The molecule has 3 rings (SSSR count). The van der Waals surface area contributed by atoms with Gasteiger partial charge >= 0.3 is 0 Å². The Morgan fingerprint density at radius 3 is 2.72 bits per heavy atom. The first-order valence-electron chi connectivity index (χ1n) is 8.33. The summed E-state index contributed by atoms with van der Waals surface area (Å²) in [6.07, 6.45) is 5.21. The third-order valence-corrected chi connectivity index (χ3v) is 4.37. The van der Waals surface area contributed by atoms with Gasteiger partial charge in [-0.05, 0) is 17.9 Å². The monoisotopic (exact) mass is 355 g/mol. The molecule has 1 aromatic carbocycles. The Kier molecular flexibility index (Phi) is 5.60. The summed E-state index contributed by atoms with van der Waals surface area (Å²) in [5, 5.41) is 5.18. The summed E-state index contributed by atoms with van der Waals surface area (Å²) in [6.45, 7) is 4.42. The minimum absolute atomic E-state index is 0.0901. The molecule has 0 fully saturated rings. The first-order valence-corrected chi connectivity index (χ1v) is 9.21. The van der Waals surface area contributed by atoms with Gasteiger partial charge in [-0.3, -0.25) is 4.79 Å². The van der Waals surface area contributed by atoms with Crippen molar-refractivity contribution in [2.45, 2.75) is 33.1 Å². The van der Waals surface area contributed by atoms with Crippen molar-refractivity contribution in [2.75, 3.05) is 5.32 Å². The number of oxazole rings is 1. The Balaban J connectivity index is 1.55. The predicted octanol–water partition coefficient (Wildman–Crippen LogP) is 4.57.